The quantitative estimate of drug-likeness (QED) is 0.221. The molecule has 0 aliphatic rings. The smallest absolute Gasteiger partial charge is 0.267 e. The number of fused-ring (bicyclic) bond motifs is 5. The summed E-state index contributed by atoms with van der Waals surface area (Å²) in [6, 6.07) is 32.5. The van der Waals surface area contributed by atoms with Gasteiger partial charge in [0.2, 0.25) is 0 Å². The molecule has 4 aromatic carbocycles. The van der Waals surface area contributed by atoms with Crippen LogP contribution in [-0.4, -0.2) is 9.03 Å². The van der Waals surface area contributed by atoms with Gasteiger partial charge in [-0.25, -0.2) is 9.03 Å². The van der Waals surface area contributed by atoms with Crippen molar-refractivity contribution in [2.24, 2.45) is 0 Å². The van der Waals surface area contributed by atoms with Crippen LogP contribution in [-0.2, 0) is 0 Å². The molecule has 0 aliphatic carbocycles. The van der Waals surface area contributed by atoms with E-state index in [1.165, 1.54) is 0 Å². The van der Waals surface area contributed by atoms with E-state index < -0.39 is 0 Å². The fraction of sp³-hybridized carbons (Fsp3) is 0. The topological polar surface area (TPSA) is 25.9 Å². The summed E-state index contributed by atoms with van der Waals surface area (Å²) in [6.07, 6.45) is 0. The number of hydrogen-bond acceptors (Lipinski definition) is 1. The van der Waals surface area contributed by atoms with Gasteiger partial charge < -0.3 is 0 Å². The van der Waals surface area contributed by atoms with Gasteiger partial charge in [0.1, 0.15) is 0 Å². The molecule has 0 radical (unpaired) electrons. The first-order valence-electron chi connectivity index (χ1n) is 10.2. The van der Waals surface area contributed by atoms with Crippen molar-refractivity contribution in [3.63, 3.8) is 0 Å². The van der Waals surface area contributed by atoms with E-state index in [-0.39, 0.29) is 5.56 Å². The van der Waals surface area contributed by atoms with Gasteiger partial charge in [-0.3, -0.25) is 4.79 Å². The Labute approximate surface area is 200 Å². The highest BCUT2D eigenvalue weighted by atomic mass is 79.9. The minimum Gasteiger partial charge on any atom is -0.267 e. The molecule has 6 aromatic rings. The lowest BCUT2D eigenvalue weighted by Crippen LogP contribution is -2.16. The third-order valence-corrected chi connectivity index (χ3v) is 6.91. The summed E-state index contributed by atoms with van der Waals surface area (Å²) in [7, 11) is 0. The van der Waals surface area contributed by atoms with Crippen molar-refractivity contribution < 1.29 is 0 Å². The summed E-state index contributed by atoms with van der Waals surface area (Å²) < 4.78 is 5.89. The first kappa shape index (κ1) is 19.5. The van der Waals surface area contributed by atoms with Crippen LogP contribution in [0.1, 0.15) is 0 Å². The number of hydrogen-bond donors (Lipinski definition) is 0. The molecule has 0 spiro atoms. The van der Waals surface area contributed by atoms with Gasteiger partial charge in [0.15, 0.2) is 0 Å². The van der Waals surface area contributed by atoms with Gasteiger partial charge in [0, 0.05) is 25.5 Å². The van der Waals surface area contributed by atoms with Crippen LogP contribution < -0.4 is 5.56 Å². The zero-order valence-corrected chi connectivity index (χ0v) is 20.0. The molecule has 2 heterocycles. The van der Waals surface area contributed by atoms with Gasteiger partial charge in [0.05, 0.1) is 22.1 Å². The maximum Gasteiger partial charge on any atom is 0.279 e. The predicted molar refractivity (Wildman–Crippen MR) is 138 cm³/mol. The van der Waals surface area contributed by atoms with E-state index in [4.69, 9.17) is 0 Å². The van der Waals surface area contributed by atoms with Gasteiger partial charge in [0.25, 0.3) is 5.56 Å². The van der Waals surface area contributed by atoms with E-state index in [9.17, 15) is 4.79 Å². The van der Waals surface area contributed by atoms with Crippen molar-refractivity contribution in [2.75, 3.05) is 0 Å². The highest BCUT2D eigenvalue weighted by Crippen LogP contribution is 2.39. The van der Waals surface area contributed by atoms with Crippen molar-refractivity contribution in [3.05, 3.63) is 116 Å². The second kappa shape index (κ2) is 7.47. The van der Waals surface area contributed by atoms with Crippen molar-refractivity contribution in [1.29, 1.82) is 0 Å². The molecule has 5 heteroatoms. The normalized spacial score (nSPS) is 11.6. The maximum atomic E-state index is 13.8. The Bertz CT molecular complexity index is 1700. The first-order chi connectivity index (χ1) is 15.6. The molecule has 32 heavy (non-hydrogen) atoms. The molecule has 3 nitrogen and oxygen atoms in total. The SMILES string of the molecule is O=c1c2ccccc2n2c3ccccc3c(-c3ccc(Br)cc3)c(-c3ccc(Br)cc3)n12. The second-order valence-corrected chi connectivity index (χ2v) is 9.53. The van der Waals surface area contributed by atoms with E-state index in [0.717, 1.165) is 47.7 Å². The number of benzene rings is 4. The van der Waals surface area contributed by atoms with Gasteiger partial charge in [-0.15, -0.1) is 0 Å². The van der Waals surface area contributed by atoms with Gasteiger partial charge in [-0.2, -0.15) is 0 Å². The molecule has 0 aliphatic heterocycles. The Hall–Kier alpha value is -3.15. The molecule has 0 amide bonds. The summed E-state index contributed by atoms with van der Waals surface area (Å²) >= 11 is 7.09. The molecular weight excluding hydrogens is 528 g/mol. The van der Waals surface area contributed by atoms with Crippen LogP contribution in [0.4, 0.5) is 0 Å². The highest BCUT2D eigenvalue weighted by molar-refractivity contribution is 9.10. The Balaban J connectivity index is 1.93. The van der Waals surface area contributed by atoms with Crippen LogP contribution in [0.25, 0.3) is 44.2 Å². The van der Waals surface area contributed by atoms with E-state index in [2.05, 4.69) is 74.3 Å². The average molecular weight is 544 g/mol. The summed E-state index contributed by atoms with van der Waals surface area (Å²) in [5, 5.41) is 1.79. The molecule has 154 valence electrons. The number of para-hydroxylation sites is 2. The summed E-state index contributed by atoms with van der Waals surface area (Å²) in [5.74, 6) is 0. The summed E-state index contributed by atoms with van der Waals surface area (Å²) in [5.41, 5.74) is 5.81. The van der Waals surface area contributed by atoms with Crippen molar-refractivity contribution in [2.45, 2.75) is 0 Å². The lowest BCUT2D eigenvalue weighted by Gasteiger charge is -2.18. The zero-order valence-electron chi connectivity index (χ0n) is 16.8. The third-order valence-electron chi connectivity index (χ3n) is 5.86. The van der Waals surface area contributed by atoms with Crippen LogP contribution >= 0.6 is 31.9 Å². The molecule has 0 atom stereocenters. The highest BCUT2D eigenvalue weighted by Gasteiger charge is 2.21. The Kier molecular flexibility index (Phi) is 4.56. The van der Waals surface area contributed by atoms with E-state index >= 15 is 0 Å². The molecule has 0 fully saturated rings. The molecular formula is C27H16Br2N2O. The fourth-order valence-corrected chi connectivity index (χ4v) is 5.01. The monoisotopic (exact) mass is 542 g/mol. The lowest BCUT2D eigenvalue weighted by atomic mass is 9.95. The van der Waals surface area contributed by atoms with Crippen LogP contribution in [0.2, 0.25) is 0 Å². The van der Waals surface area contributed by atoms with E-state index in [1.54, 1.807) is 0 Å². The van der Waals surface area contributed by atoms with Gasteiger partial charge in [-0.05, 0) is 48.0 Å². The molecule has 0 saturated heterocycles. The lowest BCUT2D eigenvalue weighted by molar-refractivity contribution is 0.852. The maximum absolute atomic E-state index is 13.8. The molecule has 0 unspecified atom stereocenters. The second-order valence-electron chi connectivity index (χ2n) is 7.70. The molecule has 2 aromatic heterocycles. The molecule has 6 rings (SSSR count). The Morgan fingerprint density at radius 3 is 1.66 bits per heavy atom. The minimum atomic E-state index is -0.0253. The van der Waals surface area contributed by atoms with Crippen LogP contribution in [0.3, 0.4) is 0 Å². The number of rotatable bonds is 2. The fourth-order valence-electron chi connectivity index (χ4n) is 4.48. The Morgan fingerprint density at radius 1 is 0.531 bits per heavy atom. The van der Waals surface area contributed by atoms with Crippen molar-refractivity contribution in [3.8, 4) is 22.4 Å². The molecule has 0 saturated carbocycles. The van der Waals surface area contributed by atoms with Crippen LogP contribution in [0.5, 0.6) is 0 Å². The van der Waals surface area contributed by atoms with Gasteiger partial charge >= 0.3 is 0 Å². The number of aromatic nitrogens is 2. The van der Waals surface area contributed by atoms with Gasteiger partial charge in [-0.1, -0.05) is 86.5 Å². The Morgan fingerprint density at radius 2 is 1.03 bits per heavy atom. The summed E-state index contributed by atoms with van der Waals surface area (Å²) in [4.78, 5) is 13.8. The number of nitrogens with zero attached hydrogens (tertiary/aromatic N) is 2. The van der Waals surface area contributed by atoms with Crippen LogP contribution in [0.15, 0.2) is 111 Å². The average Bonchev–Trinajstić information content (AvgIpc) is 3.12. The van der Waals surface area contributed by atoms with Crippen molar-refractivity contribution >= 4 is 53.7 Å². The van der Waals surface area contributed by atoms with E-state index in [0.29, 0.717) is 5.39 Å². The summed E-state index contributed by atoms with van der Waals surface area (Å²) in [6.45, 7) is 0. The minimum absolute atomic E-state index is 0.0253. The molecule has 0 bridgehead atoms. The molecule has 0 N–H and O–H groups in total. The standard InChI is InChI=1S/C27H16Br2N2O/c28-19-13-9-17(10-14-19)25-21-5-1-3-7-23(21)30-24-8-4-2-6-22(24)27(32)31(30)26(25)18-11-15-20(29)16-12-18/h1-16H. The zero-order chi connectivity index (χ0) is 21.8. The predicted octanol–water partition coefficient (Wildman–Crippen LogP) is 7.56. The van der Waals surface area contributed by atoms with Crippen LogP contribution in [0, 0.1) is 0 Å². The first-order valence-corrected chi connectivity index (χ1v) is 11.8. The largest absolute Gasteiger partial charge is 0.279 e. The number of halogens is 2. The van der Waals surface area contributed by atoms with E-state index in [1.807, 2.05) is 63.6 Å². The third kappa shape index (κ3) is 2.89. The van der Waals surface area contributed by atoms with Crippen molar-refractivity contribution in [1.82, 2.24) is 9.03 Å².